The average Bonchev–Trinajstić information content (AvgIpc) is 3.46. The van der Waals surface area contributed by atoms with Gasteiger partial charge in [0.25, 0.3) is 0 Å². The van der Waals surface area contributed by atoms with E-state index in [-0.39, 0.29) is 5.91 Å². The van der Waals surface area contributed by atoms with Crippen LogP contribution in [0, 0.1) is 6.92 Å². The molecule has 0 saturated heterocycles. The Morgan fingerprint density at radius 2 is 1.53 bits per heavy atom. The molecule has 0 saturated carbocycles. The number of benzene rings is 5. The summed E-state index contributed by atoms with van der Waals surface area (Å²) in [5.74, 6) is -0.0582. The number of fused-ring (bicyclic) bond motifs is 1. The average molecular weight is 583 g/mol. The van der Waals surface area contributed by atoms with Crippen molar-refractivity contribution in [1.29, 1.82) is 0 Å². The summed E-state index contributed by atoms with van der Waals surface area (Å²) < 4.78 is 2.12. The Kier molecular flexibility index (Phi) is 8.59. The van der Waals surface area contributed by atoms with Crippen LogP contribution in [0.25, 0.3) is 22.0 Å². The van der Waals surface area contributed by atoms with E-state index in [9.17, 15) is 4.79 Å². The molecule has 0 fully saturated rings. The van der Waals surface area contributed by atoms with E-state index in [1.165, 1.54) is 5.56 Å². The number of aromatic nitrogens is 1. The van der Waals surface area contributed by atoms with Crippen LogP contribution in [0.5, 0.6) is 0 Å². The van der Waals surface area contributed by atoms with E-state index in [0.29, 0.717) is 19.5 Å². The maximum Gasteiger partial charge on any atom is 0.243 e. The zero-order valence-electron chi connectivity index (χ0n) is 24.1. The molecule has 1 aromatic heterocycles. The van der Waals surface area contributed by atoms with Gasteiger partial charge in [-0.15, -0.1) is 11.3 Å². The number of aryl methyl sites for hydroxylation is 1. The predicted molar refractivity (Wildman–Crippen MR) is 177 cm³/mol. The lowest BCUT2D eigenvalue weighted by molar-refractivity contribution is -0.124. The minimum atomic E-state index is -0.542. The van der Waals surface area contributed by atoms with E-state index in [1.54, 1.807) is 11.3 Å². The molecule has 5 nitrogen and oxygen atoms in total. The van der Waals surface area contributed by atoms with Gasteiger partial charge in [-0.25, -0.2) is 4.99 Å². The van der Waals surface area contributed by atoms with E-state index < -0.39 is 6.04 Å². The lowest BCUT2D eigenvalue weighted by Crippen LogP contribution is -2.37. The molecule has 214 valence electrons. The number of carbonyl (C=O) groups is 1. The summed E-state index contributed by atoms with van der Waals surface area (Å²) in [5.41, 5.74) is 13.0. The Balaban J connectivity index is 1.48. The molecule has 0 aliphatic rings. The number of nitrogens with one attached hydrogen (secondary N) is 1. The molecule has 5 aromatic carbocycles. The predicted octanol–water partition coefficient (Wildman–Crippen LogP) is 7.47. The second-order valence-electron chi connectivity index (χ2n) is 10.7. The first-order chi connectivity index (χ1) is 21.1. The van der Waals surface area contributed by atoms with Crippen LogP contribution in [0.1, 0.15) is 28.3 Å². The molecule has 0 bridgehead atoms. The van der Waals surface area contributed by atoms with E-state index in [0.717, 1.165) is 49.2 Å². The fourth-order valence-electron chi connectivity index (χ4n) is 5.33. The van der Waals surface area contributed by atoms with Crippen molar-refractivity contribution in [2.75, 3.05) is 0 Å². The molecule has 1 atom stereocenters. The number of para-hydroxylation sites is 1. The molecule has 0 aliphatic heterocycles. The molecule has 1 heterocycles. The Morgan fingerprint density at radius 3 is 2.30 bits per heavy atom. The Morgan fingerprint density at radius 1 is 0.837 bits per heavy atom. The maximum atomic E-state index is 14.3. The lowest BCUT2D eigenvalue weighted by atomic mass is 9.97. The number of hydrogen-bond acceptors (Lipinski definition) is 4. The normalized spacial score (nSPS) is 12.4. The number of nitrogens with zero attached hydrogens (tertiary/aromatic N) is 2. The number of carbonyl (C=O) groups excluding carboxylic acids is 1. The van der Waals surface area contributed by atoms with Gasteiger partial charge in [-0.3, -0.25) is 4.79 Å². The van der Waals surface area contributed by atoms with Crippen molar-refractivity contribution >= 4 is 33.7 Å². The first kappa shape index (κ1) is 28.3. The van der Waals surface area contributed by atoms with Crippen molar-refractivity contribution in [2.24, 2.45) is 10.7 Å². The molecule has 43 heavy (non-hydrogen) atoms. The van der Waals surface area contributed by atoms with Crippen molar-refractivity contribution in [3.8, 4) is 11.3 Å². The van der Waals surface area contributed by atoms with E-state index in [4.69, 9.17) is 10.7 Å². The van der Waals surface area contributed by atoms with Gasteiger partial charge in [0.15, 0.2) is 4.80 Å². The second-order valence-corrected chi connectivity index (χ2v) is 11.5. The summed E-state index contributed by atoms with van der Waals surface area (Å²) >= 11 is 1.55. The molecule has 3 N–H and O–H groups in total. The van der Waals surface area contributed by atoms with Crippen LogP contribution >= 0.6 is 11.3 Å². The highest BCUT2D eigenvalue weighted by atomic mass is 32.1. The number of amides is 1. The van der Waals surface area contributed by atoms with Gasteiger partial charge in [0, 0.05) is 24.9 Å². The topological polar surface area (TPSA) is 72.4 Å². The molecule has 6 heteroatoms. The van der Waals surface area contributed by atoms with Crippen molar-refractivity contribution in [3.63, 3.8) is 0 Å². The van der Waals surface area contributed by atoms with E-state index in [1.807, 2.05) is 60.7 Å². The summed E-state index contributed by atoms with van der Waals surface area (Å²) in [6, 6.07) is 40.5. The van der Waals surface area contributed by atoms with Crippen molar-refractivity contribution in [3.05, 3.63) is 154 Å². The molecule has 1 amide bonds. The van der Waals surface area contributed by atoms with Gasteiger partial charge in [0.1, 0.15) is 6.04 Å². The summed E-state index contributed by atoms with van der Waals surface area (Å²) in [4.78, 5) is 20.1. The Bertz CT molecular complexity index is 1900. The highest BCUT2D eigenvalue weighted by Gasteiger charge is 2.26. The van der Waals surface area contributed by atoms with Crippen molar-refractivity contribution in [1.82, 2.24) is 9.88 Å². The Hall–Kier alpha value is -4.78. The molecule has 6 rings (SSSR count). The maximum absolute atomic E-state index is 14.3. The monoisotopic (exact) mass is 582 g/mol. The van der Waals surface area contributed by atoms with Crippen LogP contribution in [0.4, 0.5) is 5.69 Å². The summed E-state index contributed by atoms with van der Waals surface area (Å²) in [6.45, 7) is 2.99. The molecule has 0 aliphatic carbocycles. The van der Waals surface area contributed by atoms with Crippen LogP contribution in [-0.4, -0.2) is 10.5 Å². The Labute approximate surface area is 256 Å². The van der Waals surface area contributed by atoms with Gasteiger partial charge < -0.3 is 15.6 Å². The third-order valence-electron chi connectivity index (χ3n) is 7.70. The molecule has 0 radical (unpaired) electrons. The van der Waals surface area contributed by atoms with Crippen LogP contribution in [-0.2, 0) is 24.3 Å². The molecular formula is C37H34N4OS. The van der Waals surface area contributed by atoms with Crippen LogP contribution in [0.2, 0.25) is 0 Å². The van der Waals surface area contributed by atoms with Crippen molar-refractivity contribution in [2.45, 2.75) is 32.5 Å². The summed E-state index contributed by atoms with van der Waals surface area (Å²) in [6.07, 6.45) is 0.511. The zero-order chi connectivity index (χ0) is 29.6. The highest BCUT2D eigenvalue weighted by molar-refractivity contribution is 7.07. The fourth-order valence-corrected chi connectivity index (χ4v) is 6.30. The van der Waals surface area contributed by atoms with Gasteiger partial charge in [0.2, 0.25) is 5.91 Å². The fraction of sp³-hybridized carbons (Fsp3) is 0.135. The van der Waals surface area contributed by atoms with Gasteiger partial charge >= 0.3 is 0 Å². The van der Waals surface area contributed by atoms with Crippen molar-refractivity contribution < 1.29 is 4.79 Å². The molecule has 0 unspecified atom stereocenters. The summed E-state index contributed by atoms with van der Waals surface area (Å²) in [7, 11) is 0. The molecule has 6 aromatic rings. The van der Waals surface area contributed by atoms with Crippen LogP contribution < -0.4 is 15.9 Å². The third-order valence-corrected chi connectivity index (χ3v) is 8.54. The first-order valence-corrected chi connectivity index (χ1v) is 15.4. The molecule has 0 spiro atoms. The summed E-state index contributed by atoms with van der Waals surface area (Å²) in [5, 5.41) is 7.66. The quantitative estimate of drug-likeness (QED) is 0.186. The number of nitrogens with two attached hydrogens (primary N) is 1. The van der Waals surface area contributed by atoms with E-state index in [2.05, 4.69) is 82.9 Å². The van der Waals surface area contributed by atoms with Crippen LogP contribution in [0.3, 0.4) is 0 Å². The minimum Gasteiger partial charge on any atom is -0.350 e. The number of hydrogen-bond donors (Lipinski definition) is 2. The zero-order valence-corrected chi connectivity index (χ0v) is 24.9. The standard InChI is InChI=1S/C37H34N4OS/c1-26-14-20-30(21-15-26)35-25-43-37(40-32-11-3-2-4-12-32)41(35)34(22-31-10-7-9-29-8-5-6-13-33(29)31)36(42)39-24-28-18-16-27(23-38)17-19-28/h2-21,25,34H,22-24,38H2,1H3,(H,39,42)/t34-/m1/s1. The van der Waals surface area contributed by atoms with Gasteiger partial charge in [-0.2, -0.15) is 0 Å². The minimum absolute atomic E-state index is 0.0582. The lowest BCUT2D eigenvalue weighted by Gasteiger charge is -2.22. The third kappa shape index (κ3) is 6.51. The number of rotatable bonds is 9. The SMILES string of the molecule is Cc1ccc(-c2csc(=Nc3ccccc3)n2[C@H](Cc2cccc3ccccc23)C(=O)NCc2ccc(CN)cc2)cc1. The van der Waals surface area contributed by atoms with Gasteiger partial charge in [-0.05, 0) is 52.1 Å². The smallest absolute Gasteiger partial charge is 0.243 e. The number of thiazole rings is 1. The van der Waals surface area contributed by atoms with E-state index >= 15 is 0 Å². The first-order valence-electron chi connectivity index (χ1n) is 14.5. The van der Waals surface area contributed by atoms with Gasteiger partial charge in [-0.1, -0.05) is 115 Å². The highest BCUT2D eigenvalue weighted by Crippen LogP contribution is 2.29. The molecular weight excluding hydrogens is 549 g/mol. The largest absolute Gasteiger partial charge is 0.350 e. The van der Waals surface area contributed by atoms with Gasteiger partial charge in [0.05, 0.1) is 11.4 Å². The second kappa shape index (κ2) is 13.0. The van der Waals surface area contributed by atoms with Crippen LogP contribution in [0.15, 0.2) is 132 Å².